The summed E-state index contributed by atoms with van der Waals surface area (Å²) in [5, 5.41) is 14.6. The number of aryl methyl sites for hydroxylation is 1. The number of nitrogens with one attached hydrogen (secondary N) is 2. The monoisotopic (exact) mass is 312 g/mol. The minimum Gasteiger partial charge on any atom is -0.481 e. The fourth-order valence-corrected chi connectivity index (χ4v) is 2.94. The summed E-state index contributed by atoms with van der Waals surface area (Å²) in [6.07, 6.45) is 0.551. The van der Waals surface area contributed by atoms with E-state index < -0.39 is 11.9 Å². The van der Waals surface area contributed by atoms with Crippen LogP contribution in [0.5, 0.6) is 0 Å². The molecule has 21 heavy (non-hydrogen) atoms. The summed E-state index contributed by atoms with van der Waals surface area (Å²) in [7, 11) is 0. The number of amides is 2. The maximum atomic E-state index is 11.8. The first-order valence-electron chi connectivity index (χ1n) is 7.13. The molecule has 0 saturated heterocycles. The third kappa shape index (κ3) is 6.16. The molecule has 0 fully saturated rings. The molecule has 2 amide bonds. The van der Waals surface area contributed by atoms with E-state index >= 15 is 0 Å². The van der Waals surface area contributed by atoms with Crippen LogP contribution in [0.4, 0.5) is 4.79 Å². The molecule has 0 aliphatic rings. The van der Waals surface area contributed by atoms with Crippen molar-refractivity contribution in [3.8, 4) is 0 Å². The maximum Gasteiger partial charge on any atom is 0.315 e. The maximum absolute atomic E-state index is 11.8. The predicted octanol–water partition coefficient (Wildman–Crippen LogP) is 3.16. The van der Waals surface area contributed by atoms with E-state index in [9.17, 15) is 9.59 Å². The molecule has 1 rings (SSSR count). The van der Waals surface area contributed by atoms with Crippen molar-refractivity contribution < 1.29 is 14.7 Å². The van der Waals surface area contributed by atoms with E-state index in [2.05, 4.69) is 10.6 Å². The Labute approximate surface area is 129 Å². The van der Waals surface area contributed by atoms with Gasteiger partial charge in [0.2, 0.25) is 0 Å². The third-order valence-corrected chi connectivity index (χ3v) is 4.33. The number of hydrogen-bond acceptors (Lipinski definition) is 3. The van der Waals surface area contributed by atoms with E-state index in [1.54, 1.807) is 11.3 Å². The molecule has 0 spiro atoms. The van der Waals surface area contributed by atoms with Gasteiger partial charge in [0.25, 0.3) is 0 Å². The largest absolute Gasteiger partial charge is 0.481 e. The predicted molar refractivity (Wildman–Crippen MR) is 84.6 cm³/mol. The smallest absolute Gasteiger partial charge is 0.315 e. The van der Waals surface area contributed by atoms with Gasteiger partial charge in [-0.3, -0.25) is 4.79 Å². The number of carboxylic acid groups (broad SMARTS) is 1. The Morgan fingerprint density at radius 2 is 1.95 bits per heavy atom. The molecular weight excluding hydrogens is 288 g/mol. The van der Waals surface area contributed by atoms with Gasteiger partial charge >= 0.3 is 12.0 Å². The highest BCUT2D eigenvalue weighted by Crippen LogP contribution is 2.22. The van der Waals surface area contributed by atoms with Crippen molar-refractivity contribution in [3.63, 3.8) is 0 Å². The van der Waals surface area contributed by atoms with E-state index in [1.807, 2.05) is 39.8 Å². The lowest BCUT2D eigenvalue weighted by Gasteiger charge is -2.17. The highest BCUT2D eigenvalue weighted by molar-refractivity contribution is 7.12. The molecule has 2 unspecified atom stereocenters. The van der Waals surface area contributed by atoms with Crippen LogP contribution in [0, 0.1) is 18.8 Å². The second-order valence-corrected chi connectivity index (χ2v) is 7.01. The van der Waals surface area contributed by atoms with Crippen molar-refractivity contribution in [1.82, 2.24) is 10.6 Å². The molecule has 5 nitrogen and oxygen atoms in total. The standard InChI is InChI=1S/C15H24N2O3S/c1-9(2)7-12(14(18)19)8-16-15(20)17-11(4)13-6-5-10(3)21-13/h5-6,9,11-12H,7-8H2,1-4H3,(H,18,19)(H2,16,17,20). The Morgan fingerprint density at radius 1 is 1.29 bits per heavy atom. The van der Waals surface area contributed by atoms with Crippen molar-refractivity contribution in [2.45, 2.75) is 40.2 Å². The number of aliphatic carboxylic acids is 1. The van der Waals surface area contributed by atoms with Crippen LogP contribution in [0.2, 0.25) is 0 Å². The van der Waals surface area contributed by atoms with Crippen molar-refractivity contribution in [3.05, 3.63) is 21.9 Å². The van der Waals surface area contributed by atoms with E-state index in [0.717, 1.165) is 4.88 Å². The van der Waals surface area contributed by atoms with Gasteiger partial charge in [-0.15, -0.1) is 11.3 Å². The summed E-state index contributed by atoms with van der Waals surface area (Å²) < 4.78 is 0. The molecule has 1 heterocycles. The van der Waals surface area contributed by atoms with E-state index in [4.69, 9.17) is 5.11 Å². The van der Waals surface area contributed by atoms with Crippen LogP contribution in [-0.2, 0) is 4.79 Å². The molecule has 2 atom stereocenters. The number of thiophene rings is 1. The molecule has 0 bridgehead atoms. The number of carboxylic acids is 1. The lowest BCUT2D eigenvalue weighted by atomic mass is 9.97. The number of hydrogen-bond donors (Lipinski definition) is 3. The number of urea groups is 1. The van der Waals surface area contributed by atoms with Gasteiger partial charge in [-0.05, 0) is 38.3 Å². The summed E-state index contributed by atoms with van der Waals surface area (Å²) in [4.78, 5) is 25.2. The van der Waals surface area contributed by atoms with Crippen molar-refractivity contribution >= 4 is 23.3 Å². The molecule has 1 aromatic rings. The van der Waals surface area contributed by atoms with Gasteiger partial charge < -0.3 is 15.7 Å². The zero-order valence-electron chi connectivity index (χ0n) is 13.0. The first kappa shape index (κ1) is 17.5. The van der Waals surface area contributed by atoms with Gasteiger partial charge in [-0.1, -0.05) is 13.8 Å². The number of rotatable bonds is 7. The molecule has 0 aliphatic carbocycles. The van der Waals surface area contributed by atoms with Gasteiger partial charge in [0.05, 0.1) is 12.0 Å². The van der Waals surface area contributed by atoms with Crippen LogP contribution >= 0.6 is 11.3 Å². The highest BCUT2D eigenvalue weighted by Gasteiger charge is 2.20. The Balaban J connectivity index is 2.44. The van der Waals surface area contributed by atoms with Gasteiger partial charge in [0, 0.05) is 16.3 Å². The van der Waals surface area contributed by atoms with E-state index in [-0.39, 0.29) is 24.5 Å². The van der Waals surface area contributed by atoms with Crippen molar-refractivity contribution in [2.75, 3.05) is 6.54 Å². The lowest BCUT2D eigenvalue weighted by molar-refractivity contribution is -0.142. The zero-order valence-corrected chi connectivity index (χ0v) is 13.8. The first-order chi connectivity index (χ1) is 9.79. The van der Waals surface area contributed by atoms with Crippen LogP contribution in [0.1, 0.15) is 43.0 Å². The van der Waals surface area contributed by atoms with Crippen LogP contribution in [0.15, 0.2) is 12.1 Å². The van der Waals surface area contributed by atoms with Gasteiger partial charge in [0.15, 0.2) is 0 Å². The lowest BCUT2D eigenvalue weighted by Crippen LogP contribution is -2.41. The van der Waals surface area contributed by atoms with E-state index in [1.165, 1.54) is 4.88 Å². The summed E-state index contributed by atoms with van der Waals surface area (Å²) in [6.45, 7) is 8.02. The molecule has 3 N–H and O–H groups in total. The van der Waals surface area contributed by atoms with Gasteiger partial charge in [-0.25, -0.2) is 4.79 Å². The van der Waals surface area contributed by atoms with Gasteiger partial charge in [-0.2, -0.15) is 0 Å². The van der Waals surface area contributed by atoms with Crippen molar-refractivity contribution in [1.29, 1.82) is 0 Å². The third-order valence-electron chi connectivity index (χ3n) is 3.15. The Hall–Kier alpha value is -1.56. The molecule has 0 aliphatic heterocycles. The molecule has 0 saturated carbocycles. The second-order valence-electron chi connectivity index (χ2n) is 5.69. The summed E-state index contributed by atoms with van der Waals surface area (Å²) in [6, 6.07) is 3.59. The molecule has 118 valence electrons. The summed E-state index contributed by atoms with van der Waals surface area (Å²) in [5.41, 5.74) is 0. The first-order valence-corrected chi connectivity index (χ1v) is 7.94. The SMILES string of the molecule is Cc1ccc(C(C)NC(=O)NCC(CC(C)C)C(=O)O)s1. The highest BCUT2D eigenvalue weighted by atomic mass is 32.1. The Morgan fingerprint density at radius 3 is 2.43 bits per heavy atom. The molecule has 0 aromatic carbocycles. The topological polar surface area (TPSA) is 78.4 Å². The molecular formula is C15H24N2O3S. The minimum absolute atomic E-state index is 0.0860. The van der Waals surface area contributed by atoms with Gasteiger partial charge in [0.1, 0.15) is 0 Å². The second kappa shape index (κ2) is 8.02. The molecule has 0 radical (unpaired) electrons. The quantitative estimate of drug-likeness (QED) is 0.723. The fourth-order valence-electron chi connectivity index (χ4n) is 2.06. The average molecular weight is 312 g/mol. The fraction of sp³-hybridized carbons (Fsp3) is 0.600. The Bertz CT molecular complexity index is 485. The number of carbonyl (C=O) groups is 2. The average Bonchev–Trinajstić information content (AvgIpc) is 2.80. The minimum atomic E-state index is -0.870. The zero-order chi connectivity index (χ0) is 16.0. The molecule has 6 heteroatoms. The van der Waals surface area contributed by atoms with Crippen LogP contribution in [0.3, 0.4) is 0 Å². The Kier molecular flexibility index (Phi) is 6.68. The van der Waals surface area contributed by atoms with Crippen molar-refractivity contribution in [2.24, 2.45) is 11.8 Å². The summed E-state index contributed by atoms with van der Waals surface area (Å²) in [5.74, 6) is -1.13. The van der Waals surface area contributed by atoms with Crippen LogP contribution in [0.25, 0.3) is 0 Å². The van der Waals surface area contributed by atoms with Crippen LogP contribution in [-0.4, -0.2) is 23.7 Å². The number of carbonyl (C=O) groups excluding carboxylic acids is 1. The summed E-state index contributed by atoms with van der Waals surface area (Å²) >= 11 is 1.64. The van der Waals surface area contributed by atoms with E-state index in [0.29, 0.717) is 6.42 Å². The van der Waals surface area contributed by atoms with Crippen LogP contribution < -0.4 is 10.6 Å². The molecule has 1 aromatic heterocycles. The normalized spacial score (nSPS) is 13.8.